The van der Waals surface area contributed by atoms with Crippen LogP contribution in [0.25, 0.3) is 0 Å². The summed E-state index contributed by atoms with van der Waals surface area (Å²) in [5.74, 6) is 0.609. The number of ether oxygens (including phenoxy) is 5. The summed E-state index contributed by atoms with van der Waals surface area (Å²) in [6, 6.07) is 4.15. The van der Waals surface area contributed by atoms with Crippen LogP contribution < -0.4 is 9.47 Å². The minimum atomic E-state index is -0.872. The Kier molecular flexibility index (Phi) is 4.83. The predicted molar refractivity (Wildman–Crippen MR) is 110 cm³/mol. The van der Waals surface area contributed by atoms with E-state index in [1.54, 1.807) is 7.11 Å². The maximum atomic E-state index is 12.2. The Bertz CT molecular complexity index is 824. The molecule has 5 aliphatic rings. The van der Waals surface area contributed by atoms with E-state index in [9.17, 15) is 5.11 Å². The average molecular weight is 420 g/mol. The van der Waals surface area contributed by atoms with Crippen molar-refractivity contribution in [1.82, 2.24) is 4.90 Å². The van der Waals surface area contributed by atoms with E-state index in [0.29, 0.717) is 31.8 Å². The lowest BCUT2D eigenvalue weighted by Crippen LogP contribution is -2.79. The van der Waals surface area contributed by atoms with Crippen molar-refractivity contribution in [2.75, 3.05) is 40.7 Å². The van der Waals surface area contributed by atoms with Crippen molar-refractivity contribution in [2.45, 2.75) is 68.5 Å². The Morgan fingerprint density at radius 3 is 2.67 bits per heavy atom. The molecule has 2 aliphatic carbocycles. The lowest BCUT2D eigenvalue weighted by Gasteiger charge is -2.64. The van der Waals surface area contributed by atoms with E-state index in [1.165, 1.54) is 5.56 Å². The molecule has 6 rings (SSSR count). The number of rotatable bonds is 3. The summed E-state index contributed by atoms with van der Waals surface area (Å²) in [7, 11) is 3.72. The maximum Gasteiger partial charge on any atom is 0.207 e. The molecule has 2 saturated heterocycles. The van der Waals surface area contributed by atoms with Crippen LogP contribution in [-0.2, 0) is 26.0 Å². The Morgan fingerprint density at radius 2 is 1.93 bits per heavy atom. The van der Waals surface area contributed by atoms with Crippen LogP contribution in [0.15, 0.2) is 12.1 Å². The van der Waals surface area contributed by atoms with E-state index in [4.69, 9.17) is 23.7 Å². The topological polar surface area (TPSA) is 69.6 Å². The van der Waals surface area contributed by atoms with Crippen molar-refractivity contribution in [3.8, 4) is 11.5 Å². The molecule has 4 atom stereocenters. The summed E-state index contributed by atoms with van der Waals surface area (Å²) in [5, 5.41) is 12.2. The van der Waals surface area contributed by atoms with Crippen molar-refractivity contribution < 1.29 is 28.8 Å². The van der Waals surface area contributed by atoms with Crippen molar-refractivity contribution in [3.05, 3.63) is 23.3 Å². The van der Waals surface area contributed by atoms with Crippen LogP contribution >= 0.6 is 0 Å². The van der Waals surface area contributed by atoms with Gasteiger partial charge in [-0.2, -0.15) is 0 Å². The van der Waals surface area contributed by atoms with Gasteiger partial charge in [0, 0.05) is 25.1 Å². The Hall–Kier alpha value is -1.38. The zero-order valence-electron chi connectivity index (χ0n) is 18.4. The van der Waals surface area contributed by atoms with Gasteiger partial charge in [-0.05, 0) is 44.5 Å². The zero-order valence-corrected chi connectivity index (χ0v) is 18.4. The molecule has 2 spiro atoms. The third-order valence-corrected chi connectivity index (χ3v) is 7.83. The molecular weight excluding hydrogens is 386 g/mol. The van der Waals surface area contributed by atoms with Gasteiger partial charge in [0.15, 0.2) is 24.4 Å². The maximum absolute atomic E-state index is 12.2. The summed E-state index contributed by atoms with van der Waals surface area (Å²) in [5.41, 5.74) is 0.931. The van der Waals surface area contributed by atoms with Gasteiger partial charge in [-0.25, -0.2) is 0 Å². The number of piperidine rings is 1. The quantitative estimate of drug-likeness (QED) is 0.754. The monoisotopic (exact) mass is 419 g/mol. The van der Waals surface area contributed by atoms with Gasteiger partial charge in [0.2, 0.25) is 5.79 Å². The van der Waals surface area contributed by atoms with Crippen LogP contribution in [0.4, 0.5) is 0 Å². The molecule has 1 aromatic carbocycles. The molecule has 30 heavy (non-hydrogen) atoms. The van der Waals surface area contributed by atoms with Gasteiger partial charge in [0.1, 0.15) is 0 Å². The van der Waals surface area contributed by atoms with E-state index < -0.39 is 16.8 Å². The number of nitrogens with zero attached hydrogens (tertiary/aromatic N) is 1. The van der Waals surface area contributed by atoms with Crippen molar-refractivity contribution in [2.24, 2.45) is 0 Å². The molecule has 0 aromatic heterocycles. The highest BCUT2D eigenvalue weighted by atomic mass is 16.8. The SMILES string of the molecule is CC.COCOc1ccc2c3c1O[C@H]1C4(CC[C@@]5(O)C(C2)N(C)CC[C@]315)OCCO4. The number of likely N-dealkylation sites (tertiary alicyclic amines) is 1. The molecule has 3 aliphatic heterocycles. The van der Waals surface area contributed by atoms with Gasteiger partial charge in [-0.3, -0.25) is 0 Å². The van der Waals surface area contributed by atoms with E-state index in [1.807, 2.05) is 19.9 Å². The van der Waals surface area contributed by atoms with Gasteiger partial charge < -0.3 is 33.7 Å². The summed E-state index contributed by atoms with van der Waals surface area (Å²) in [6.45, 7) is 6.19. The molecular formula is C23H33NO6. The van der Waals surface area contributed by atoms with Gasteiger partial charge in [0.05, 0.1) is 24.2 Å². The lowest BCUT2D eigenvalue weighted by molar-refractivity contribution is -0.295. The number of hydrogen-bond donors (Lipinski definition) is 1. The Morgan fingerprint density at radius 1 is 1.17 bits per heavy atom. The van der Waals surface area contributed by atoms with Gasteiger partial charge in [-0.1, -0.05) is 19.9 Å². The second-order valence-electron chi connectivity index (χ2n) is 8.83. The molecule has 7 heteroatoms. The first-order valence-corrected chi connectivity index (χ1v) is 11.2. The summed E-state index contributed by atoms with van der Waals surface area (Å²) in [4.78, 5) is 2.31. The second-order valence-corrected chi connectivity index (χ2v) is 8.83. The molecule has 1 N–H and O–H groups in total. The van der Waals surface area contributed by atoms with Gasteiger partial charge in [-0.15, -0.1) is 0 Å². The molecule has 3 heterocycles. The van der Waals surface area contributed by atoms with Crippen molar-refractivity contribution >= 4 is 0 Å². The third kappa shape index (κ3) is 2.33. The molecule has 0 radical (unpaired) electrons. The minimum Gasteiger partial charge on any atom is -0.479 e. The third-order valence-electron chi connectivity index (χ3n) is 7.83. The number of likely N-dealkylation sites (N-methyl/N-ethyl adjacent to an activating group) is 1. The summed E-state index contributed by atoms with van der Waals surface area (Å²) >= 11 is 0. The fourth-order valence-electron chi connectivity index (χ4n) is 6.70. The zero-order chi connectivity index (χ0) is 21.1. The van der Waals surface area contributed by atoms with E-state index in [2.05, 4.69) is 18.0 Å². The fourth-order valence-corrected chi connectivity index (χ4v) is 6.70. The first kappa shape index (κ1) is 20.5. The fraction of sp³-hybridized carbons (Fsp3) is 0.739. The highest BCUT2D eigenvalue weighted by Gasteiger charge is 2.77. The van der Waals surface area contributed by atoms with E-state index in [-0.39, 0.29) is 18.9 Å². The van der Waals surface area contributed by atoms with Crippen LogP contribution in [-0.4, -0.2) is 74.2 Å². The highest BCUT2D eigenvalue weighted by Crippen LogP contribution is 2.67. The van der Waals surface area contributed by atoms with Crippen LogP contribution in [0.1, 0.15) is 44.2 Å². The number of methoxy groups -OCH3 is 1. The smallest absolute Gasteiger partial charge is 0.207 e. The second kappa shape index (κ2) is 7.07. The van der Waals surface area contributed by atoms with E-state index >= 15 is 0 Å². The number of hydrogen-bond acceptors (Lipinski definition) is 7. The molecule has 0 amide bonds. The van der Waals surface area contributed by atoms with Crippen molar-refractivity contribution in [3.63, 3.8) is 0 Å². The lowest BCUT2D eigenvalue weighted by atomic mass is 9.48. The van der Waals surface area contributed by atoms with E-state index in [0.717, 1.165) is 30.7 Å². The molecule has 166 valence electrons. The molecule has 3 fully saturated rings. The molecule has 1 saturated carbocycles. The Balaban J connectivity index is 0.000000937. The number of fused-ring (bicyclic) bond motifs is 1. The standard InChI is InChI=1S/C21H27NO6.C2H6/c1-22-8-7-19-16-13-3-4-14(25-12-24-2)17(16)28-18(19)21(26-9-10-27-21)6-5-20(19,23)15(22)11-13;1-2/h3-4,15,18,23H,5-12H2,1-2H3;1-2H3/t15?,18-,19+,20-;/m1./s1. The minimum absolute atomic E-state index is 0.0651. The molecule has 1 unspecified atom stereocenters. The normalized spacial score (nSPS) is 37.2. The van der Waals surface area contributed by atoms with Crippen LogP contribution in [0.2, 0.25) is 0 Å². The summed E-state index contributed by atoms with van der Waals surface area (Å²) in [6.07, 6.45) is 2.52. The number of benzene rings is 1. The molecule has 1 aromatic rings. The summed E-state index contributed by atoms with van der Waals surface area (Å²) < 4.78 is 29.9. The first-order valence-electron chi connectivity index (χ1n) is 11.2. The number of aliphatic hydroxyl groups is 1. The predicted octanol–water partition coefficient (Wildman–Crippen LogP) is 2.22. The molecule has 7 nitrogen and oxygen atoms in total. The van der Waals surface area contributed by atoms with Crippen LogP contribution in [0.5, 0.6) is 11.5 Å². The van der Waals surface area contributed by atoms with Crippen LogP contribution in [0, 0.1) is 0 Å². The van der Waals surface area contributed by atoms with Crippen molar-refractivity contribution in [1.29, 1.82) is 0 Å². The largest absolute Gasteiger partial charge is 0.479 e. The van der Waals surface area contributed by atoms with Gasteiger partial charge in [0.25, 0.3) is 0 Å². The highest BCUT2D eigenvalue weighted by molar-refractivity contribution is 5.63. The molecule has 2 bridgehead atoms. The first-order chi connectivity index (χ1) is 14.6. The average Bonchev–Trinajstić information content (AvgIpc) is 3.37. The Labute approximate surface area is 178 Å². The van der Waals surface area contributed by atoms with Crippen LogP contribution in [0.3, 0.4) is 0 Å². The van der Waals surface area contributed by atoms with Gasteiger partial charge >= 0.3 is 0 Å².